The summed E-state index contributed by atoms with van der Waals surface area (Å²) in [4.78, 5) is 10.6. The van der Waals surface area contributed by atoms with Crippen LogP contribution in [0.5, 0.6) is 0 Å². The van der Waals surface area contributed by atoms with E-state index in [4.69, 9.17) is 9.54 Å². The number of aromatic nitrogens is 2. The molecule has 190 valence electrons. The highest BCUT2D eigenvalue weighted by Gasteiger charge is 2.20. The smallest absolute Gasteiger partial charge is 0.353 e. The van der Waals surface area contributed by atoms with Crippen LogP contribution in [0.15, 0.2) is 70.7 Å². The average molecular weight is 573 g/mol. The summed E-state index contributed by atoms with van der Waals surface area (Å²) in [7, 11) is -4.35. The molecule has 0 saturated carbocycles. The fourth-order valence-electron chi connectivity index (χ4n) is 3.72. The molecule has 0 aliphatic carbocycles. The van der Waals surface area contributed by atoms with Crippen LogP contribution in [0.25, 0.3) is 21.1 Å². The van der Waals surface area contributed by atoms with E-state index >= 15 is 0 Å². The Morgan fingerprint density at radius 3 is 2.54 bits per heavy atom. The van der Waals surface area contributed by atoms with Gasteiger partial charge in [0.15, 0.2) is 5.13 Å². The van der Waals surface area contributed by atoms with Crippen molar-refractivity contribution in [2.24, 2.45) is 0 Å². The molecule has 0 saturated heterocycles. The molecule has 0 aliphatic rings. The Balaban J connectivity index is 1.41. The zero-order valence-electron chi connectivity index (χ0n) is 19.4. The lowest BCUT2D eigenvalue weighted by Gasteiger charge is -2.17. The van der Waals surface area contributed by atoms with E-state index in [0.29, 0.717) is 22.8 Å². The minimum Gasteiger partial charge on any atom is -0.353 e. The van der Waals surface area contributed by atoms with Gasteiger partial charge in [0.05, 0.1) is 28.0 Å². The fraction of sp³-hybridized carbons (Fsp3) is 0.120. The molecule has 0 spiro atoms. The third kappa shape index (κ3) is 6.40. The van der Waals surface area contributed by atoms with Crippen molar-refractivity contribution in [1.29, 1.82) is 0 Å². The summed E-state index contributed by atoms with van der Waals surface area (Å²) in [5, 5.41) is 10.9. The molecule has 12 heteroatoms. The Bertz CT molecular complexity index is 1610. The van der Waals surface area contributed by atoms with Gasteiger partial charge < -0.3 is 5.32 Å². The first-order valence-electron chi connectivity index (χ1n) is 11.1. The van der Waals surface area contributed by atoms with Gasteiger partial charge in [0.2, 0.25) is 0 Å². The van der Waals surface area contributed by atoms with Gasteiger partial charge in [-0.2, -0.15) is 8.42 Å². The number of hydrogen-bond donors (Lipinski definition) is 3. The molecule has 37 heavy (non-hydrogen) atoms. The number of aryl methyl sites for hydroxylation is 1. The second kappa shape index (κ2) is 10.7. The SMILES string of the molecule is Cc1ccc(-c2csc(N[C@@H](Cc3ccc(NS(=O)(=O)O)cc3)c3csc(-c4cccs4)n3)n2)c(F)c1. The molecule has 3 aromatic heterocycles. The fourth-order valence-corrected chi connectivity index (χ4v) is 6.61. The molecule has 1 atom stereocenters. The molecular formula is C25H21FN4O3S4. The lowest BCUT2D eigenvalue weighted by molar-refractivity contribution is 0.489. The molecule has 7 nitrogen and oxygen atoms in total. The molecule has 0 unspecified atom stereocenters. The van der Waals surface area contributed by atoms with E-state index in [1.165, 1.54) is 17.4 Å². The van der Waals surface area contributed by atoms with E-state index in [9.17, 15) is 12.8 Å². The summed E-state index contributed by atoms with van der Waals surface area (Å²) in [6.45, 7) is 1.84. The van der Waals surface area contributed by atoms with Crippen molar-refractivity contribution in [2.75, 3.05) is 10.0 Å². The van der Waals surface area contributed by atoms with E-state index in [0.717, 1.165) is 26.7 Å². The van der Waals surface area contributed by atoms with Gasteiger partial charge in [-0.25, -0.2) is 14.4 Å². The normalized spacial score (nSPS) is 12.4. The van der Waals surface area contributed by atoms with Crippen molar-refractivity contribution in [2.45, 2.75) is 19.4 Å². The molecular weight excluding hydrogens is 552 g/mol. The third-order valence-corrected chi connectivity index (χ3v) is 8.62. The lowest BCUT2D eigenvalue weighted by atomic mass is 10.0. The Morgan fingerprint density at radius 1 is 1.03 bits per heavy atom. The molecule has 0 fully saturated rings. The number of thiophene rings is 1. The van der Waals surface area contributed by atoms with Crippen LogP contribution in [0.2, 0.25) is 0 Å². The monoisotopic (exact) mass is 572 g/mol. The lowest BCUT2D eigenvalue weighted by Crippen LogP contribution is -2.14. The number of benzene rings is 2. The topological polar surface area (TPSA) is 104 Å². The average Bonchev–Trinajstić information content (AvgIpc) is 3.61. The first-order chi connectivity index (χ1) is 17.7. The number of halogens is 1. The van der Waals surface area contributed by atoms with Crippen molar-refractivity contribution < 1.29 is 17.4 Å². The molecule has 0 amide bonds. The Hall–Kier alpha value is -3.16. The predicted molar refractivity (Wildman–Crippen MR) is 149 cm³/mol. The van der Waals surface area contributed by atoms with Gasteiger partial charge in [0.25, 0.3) is 0 Å². The van der Waals surface area contributed by atoms with Gasteiger partial charge in [-0.05, 0) is 60.2 Å². The van der Waals surface area contributed by atoms with Gasteiger partial charge >= 0.3 is 10.3 Å². The number of nitrogens with one attached hydrogen (secondary N) is 2. The molecule has 2 aromatic carbocycles. The summed E-state index contributed by atoms with van der Waals surface area (Å²) in [6, 6.07) is 15.6. The van der Waals surface area contributed by atoms with Gasteiger partial charge in [0.1, 0.15) is 10.8 Å². The van der Waals surface area contributed by atoms with Crippen molar-refractivity contribution in [1.82, 2.24) is 9.97 Å². The minimum atomic E-state index is -4.35. The maximum Gasteiger partial charge on any atom is 0.357 e. The zero-order valence-corrected chi connectivity index (χ0v) is 22.6. The predicted octanol–water partition coefficient (Wildman–Crippen LogP) is 7.05. The summed E-state index contributed by atoms with van der Waals surface area (Å²) in [5.74, 6) is -0.313. The van der Waals surface area contributed by atoms with Crippen LogP contribution in [0.1, 0.15) is 22.9 Å². The Kier molecular flexibility index (Phi) is 7.36. The van der Waals surface area contributed by atoms with E-state index in [-0.39, 0.29) is 17.5 Å². The number of rotatable bonds is 9. The van der Waals surface area contributed by atoms with Gasteiger partial charge in [-0.3, -0.25) is 9.27 Å². The number of nitrogens with zero attached hydrogens (tertiary/aromatic N) is 2. The Morgan fingerprint density at radius 2 is 1.84 bits per heavy atom. The molecule has 5 rings (SSSR count). The van der Waals surface area contributed by atoms with Crippen molar-refractivity contribution in [3.05, 3.63) is 93.4 Å². The van der Waals surface area contributed by atoms with Crippen LogP contribution in [-0.2, 0) is 16.7 Å². The highest BCUT2D eigenvalue weighted by Crippen LogP contribution is 2.34. The summed E-state index contributed by atoms with van der Waals surface area (Å²) >= 11 is 4.57. The molecule has 5 aromatic rings. The van der Waals surface area contributed by atoms with Crippen molar-refractivity contribution >= 4 is 55.1 Å². The van der Waals surface area contributed by atoms with E-state index < -0.39 is 10.3 Å². The number of anilines is 2. The third-order valence-electron chi connectivity index (χ3n) is 5.45. The quantitative estimate of drug-likeness (QED) is 0.164. The van der Waals surface area contributed by atoms with Crippen molar-refractivity contribution in [3.8, 4) is 21.1 Å². The second-order valence-corrected chi connectivity index (χ2v) is 12.1. The van der Waals surface area contributed by atoms with Crippen LogP contribution in [-0.4, -0.2) is 22.9 Å². The van der Waals surface area contributed by atoms with E-state index in [2.05, 4.69) is 10.3 Å². The van der Waals surface area contributed by atoms with Crippen LogP contribution in [0.3, 0.4) is 0 Å². The van der Waals surface area contributed by atoms with E-state index in [1.807, 2.05) is 46.0 Å². The second-order valence-electron chi connectivity index (χ2n) is 8.25. The maximum atomic E-state index is 14.5. The molecule has 3 heterocycles. The van der Waals surface area contributed by atoms with Crippen molar-refractivity contribution in [3.63, 3.8) is 0 Å². The van der Waals surface area contributed by atoms with E-state index in [1.54, 1.807) is 53.0 Å². The maximum absolute atomic E-state index is 14.5. The first-order valence-corrected chi connectivity index (χ1v) is 15.1. The number of thiazole rings is 2. The minimum absolute atomic E-state index is 0.243. The first kappa shape index (κ1) is 25.5. The molecule has 3 N–H and O–H groups in total. The Labute approximate surface area is 225 Å². The molecule has 0 bridgehead atoms. The summed E-state index contributed by atoms with van der Waals surface area (Å²) in [5.41, 5.74) is 3.87. The molecule has 0 aliphatic heterocycles. The van der Waals surface area contributed by atoms with Crippen LogP contribution >= 0.6 is 34.0 Å². The van der Waals surface area contributed by atoms with Gasteiger partial charge in [0, 0.05) is 16.3 Å². The molecule has 0 radical (unpaired) electrons. The standard InChI is InChI=1S/C25H21FN4O3S4/c1-15-4-9-18(19(26)11-15)21-13-36-25(29-21)28-20(22-14-35-24(27-22)23-3-2-10-34-23)12-16-5-7-17(8-6-16)30-37(31,32)33/h2-11,13-14,20,30H,12H2,1H3,(H,28,29)(H,31,32,33)/t20-/m0/s1. The number of hydrogen-bond acceptors (Lipinski definition) is 8. The van der Waals surface area contributed by atoms with Gasteiger partial charge in [-0.15, -0.1) is 34.0 Å². The van der Waals surface area contributed by atoms with Crippen LogP contribution < -0.4 is 10.0 Å². The highest BCUT2D eigenvalue weighted by molar-refractivity contribution is 7.87. The largest absolute Gasteiger partial charge is 0.357 e. The zero-order chi connectivity index (χ0) is 26.0. The van der Waals surface area contributed by atoms with Gasteiger partial charge in [-0.1, -0.05) is 24.3 Å². The highest BCUT2D eigenvalue weighted by atomic mass is 32.2. The summed E-state index contributed by atoms with van der Waals surface area (Å²) < 4.78 is 47.7. The summed E-state index contributed by atoms with van der Waals surface area (Å²) in [6.07, 6.45) is 0.535. The van der Waals surface area contributed by atoms with Crippen LogP contribution in [0.4, 0.5) is 15.2 Å². The van der Waals surface area contributed by atoms with Crippen LogP contribution in [0, 0.1) is 12.7 Å².